The molecule has 1 spiro atoms. The Morgan fingerprint density at radius 1 is 1.14 bits per heavy atom. The molecule has 0 N–H and O–H groups in total. The van der Waals surface area contributed by atoms with Crippen LogP contribution in [0.15, 0.2) is 12.1 Å². The highest BCUT2D eigenvalue weighted by atomic mass is 32.1. The predicted molar refractivity (Wildman–Crippen MR) is 89.2 cm³/mol. The largest absolute Gasteiger partial charge is 0.296 e. The van der Waals surface area contributed by atoms with Crippen molar-refractivity contribution < 1.29 is 4.79 Å². The molecular weight excluding hydrogens is 278 g/mol. The topological polar surface area (TPSA) is 20.3 Å². The van der Waals surface area contributed by atoms with Gasteiger partial charge in [0.05, 0.1) is 11.4 Å². The summed E-state index contributed by atoms with van der Waals surface area (Å²) in [6.07, 6.45) is 10.8. The van der Waals surface area contributed by atoms with E-state index in [4.69, 9.17) is 0 Å². The molecule has 0 unspecified atom stereocenters. The van der Waals surface area contributed by atoms with Crippen LogP contribution in [0, 0.1) is 5.41 Å². The van der Waals surface area contributed by atoms with E-state index in [-0.39, 0.29) is 0 Å². The van der Waals surface area contributed by atoms with Crippen molar-refractivity contribution in [2.45, 2.75) is 58.3 Å². The summed E-state index contributed by atoms with van der Waals surface area (Å²) in [6.45, 7) is 5.02. The Kier molecular flexibility index (Phi) is 4.80. The van der Waals surface area contributed by atoms with Crippen LogP contribution in [0.5, 0.6) is 0 Å². The van der Waals surface area contributed by atoms with Gasteiger partial charge in [-0.05, 0) is 62.7 Å². The number of aryl methyl sites for hydroxylation is 1. The number of thiophene rings is 1. The van der Waals surface area contributed by atoms with Crippen LogP contribution >= 0.6 is 11.3 Å². The summed E-state index contributed by atoms with van der Waals surface area (Å²) in [4.78, 5) is 17.0. The number of ketones is 1. The van der Waals surface area contributed by atoms with E-state index >= 15 is 0 Å². The van der Waals surface area contributed by atoms with Crippen molar-refractivity contribution in [3.05, 3.63) is 21.9 Å². The van der Waals surface area contributed by atoms with Crippen molar-refractivity contribution in [1.82, 2.24) is 4.90 Å². The number of nitrogens with zero attached hydrogens (tertiary/aromatic N) is 1. The maximum Gasteiger partial charge on any atom is 0.186 e. The summed E-state index contributed by atoms with van der Waals surface area (Å²) in [5.74, 6) is 0.319. The fourth-order valence-electron chi connectivity index (χ4n) is 3.99. The minimum absolute atomic E-state index is 0.319. The fourth-order valence-corrected chi connectivity index (χ4v) is 4.86. The highest BCUT2D eigenvalue weighted by molar-refractivity contribution is 7.14. The summed E-state index contributed by atoms with van der Waals surface area (Å²) >= 11 is 1.67. The molecule has 1 aromatic rings. The molecule has 2 nitrogen and oxygen atoms in total. The van der Waals surface area contributed by atoms with Gasteiger partial charge >= 0.3 is 0 Å². The SMILES string of the molecule is CCc1ccc(C(=O)CN2CCC3(CCCCC3)CC2)s1. The number of hydrogen-bond donors (Lipinski definition) is 0. The van der Waals surface area contributed by atoms with Gasteiger partial charge < -0.3 is 0 Å². The smallest absolute Gasteiger partial charge is 0.186 e. The maximum atomic E-state index is 12.4. The van der Waals surface area contributed by atoms with Crippen LogP contribution in [0.1, 0.15) is 66.4 Å². The van der Waals surface area contributed by atoms with Crippen molar-refractivity contribution >= 4 is 17.1 Å². The van der Waals surface area contributed by atoms with E-state index in [0.717, 1.165) is 24.4 Å². The quantitative estimate of drug-likeness (QED) is 0.761. The van der Waals surface area contributed by atoms with E-state index in [0.29, 0.717) is 17.7 Å². The molecule has 2 fully saturated rings. The van der Waals surface area contributed by atoms with Gasteiger partial charge in [-0.2, -0.15) is 0 Å². The number of carbonyl (C=O) groups is 1. The molecule has 0 atom stereocenters. The summed E-state index contributed by atoms with van der Waals surface area (Å²) in [7, 11) is 0. The molecule has 1 aliphatic heterocycles. The van der Waals surface area contributed by atoms with Gasteiger partial charge in [-0.3, -0.25) is 9.69 Å². The lowest BCUT2D eigenvalue weighted by atomic mass is 9.68. The molecule has 1 saturated carbocycles. The van der Waals surface area contributed by atoms with Crippen LogP contribution in [0.4, 0.5) is 0 Å². The highest BCUT2D eigenvalue weighted by Gasteiger charge is 2.35. The normalized spacial score (nSPS) is 22.5. The van der Waals surface area contributed by atoms with E-state index in [2.05, 4.69) is 17.9 Å². The second kappa shape index (κ2) is 6.62. The number of carbonyl (C=O) groups excluding carboxylic acids is 1. The molecule has 3 heteroatoms. The van der Waals surface area contributed by atoms with Crippen molar-refractivity contribution in [3.63, 3.8) is 0 Å². The Morgan fingerprint density at radius 3 is 2.48 bits per heavy atom. The lowest BCUT2D eigenvalue weighted by molar-refractivity contribution is 0.0613. The molecule has 0 amide bonds. The Morgan fingerprint density at radius 2 is 1.86 bits per heavy atom. The maximum absolute atomic E-state index is 12.4. The minimum atomic E-state index is 0.319. The van der Waals surface area contributed by atoms with Gasteiger partial charge in [-0.15, -0.1) is 11.3 Å². The predicted octanol–water partition coefficient (Wildman–Crippen LogP) is 4.54. The molecular formula is C18H27NOS. The molecule has 2 aliphatic rings. The molecule has 1 aromatic heterocycles. The first-order valence-electron chi connectivity index (χ1n) is 8.55. The van der Waals surface area contributed by atoms with Gasteiger partial charge in [0.25, 0.3) is 0 Å². The van der Waals surface area contributed by atoms with Gasteiger partial charge in [0, 0.05) is 4.88 Å². The zero-order valence-electron chi connectivity index (χ0n) is 13.2. The number of rotatable bonds is 4. The first-order valence-corrected chi connectivity index (χ1v) is 9.37. The summed E-state index contributed by atoms with van der Waals surface area (Å²) in [6, 6.07) is 4.11. The van der Waals surface area contributed by atoms with Crippen molar-refractivity contribution in [1.29, 1.82) is 0 Å². The first-order chi connectivity index (χ1) is 10.2. The van der Waals surface area contributed by atoms with Crippen molar-refractivity contribution in [2.75, 3.05) is 19.6 Å². The second-order valence-corrected chi connectivity index (χ2v) is 8.05. The third kappa shape index (κ3) is 3.57. The van der Waals surface area contributed by atoms with E-state index in [1.807, 2.05) is 6.07 Å². The van der Waals surface area contributed by atoms with Gasteiger partial charge in [0.2, 0.25) is 0 Å². The minimum Gasteiger partial charge on any atom is -0.296 e. The van der Waals surface area contributed by atoms with Gasteiger partial charge in [-0.25, -0.2) is 0 Å². The molecule has 21 heavy (non-hydrogen) atoms. The van der Waals surface area contributed by atoms with Crippen LogP contribution in [0.25, 0.3) is 0 Å². The van der Waals surface area contributed by atoms with E-state index in [1.165, 1.54) is 49.8 Å². The van der Waals surface area contributed by atoms with Crippen LogP contribution in [0.3, 0.4) is 0 Å². The van der Waals surface area contributed by atoms with E-state index in [9.17, 15) is 4.79 Å². The van der Waals surface area contributed by atoms with Crippen LogP contribution in [-0.2, 0) is 6.42 Å². The molecule has 0 radical (unpaired) electrons. The Labute approximate surface area is 132 Å². The van der Waals surface area contributed by atoms with E-state index in [1.54, 1.807) is 11.3 Å². The lowest BCUT2D eigenvalue weighted by Gasteiger charge is -2.44. The Hall–Kier alpha value is -0.670. The third-order valence-electron chi connectivity index (χ3n) is 5.48. The number of Topliss-reactive ketones (excluding diaryl/α,β-unsaturated/α-hetero) is 1. The molecule has 2 heterocycles. The van der Waals surface area contributed by atoms with Crippen LogP contribution in [-0.4, -0.2) is 30.3 Å². The van der Waals surface area contributed by atoms with Gasteiger partial charge in [0.15, 0.2) is 5.78 Å². The monoisotopic (exact) mass is 305 g/mol. The lowest BCUT2D eigenvalue weighted by Crippen LogP contribution is -2.43. The zero-order chi connectivity index (χ0) is 14.7. The molecule has 1 saturated heterocycles. The Bertz CT molecular complexity index is 477. The highest BCUT2D eigenvalue weighted by Crippen LogP contribution is 2.44. The van der Waals surface area contributed by atoms with Crippen LogP contribution < -0.4 is 0 Å². The van der Waals surface area contributed by atoms with Gasteiger partial charge in [-0.1, -0.05) is 26.2 Å². The number of hydrogen-bond acceptors (Lipinski definition) is 3. The van der Waals surface area contributed by atoms with Crippen molar-refractivity contribution in [2.24, 2.45) is 5.41 Å². The summed E-state index contributed by atoms with van der Waals surface area (Å²) < 4.78 is 0. The molecule has 0 aromatic carbocycles. The standard InChI is InChI=1S/C18H27NOS/c1-2-15-6-7-17(21-15)16(20)14-19-12-10-18(11-13-19)8-4-3-5-9-18/h6-7H,2-5,8-14H2,1H3. The average Bonchev–Trinajstić information content (AvgIpc) is 3.00. The molecule has 1 aliphatic carbocycles. The van der Waals surface area contributed by atoms with Crippen molar-refractivity contribution in [3.8, 4) is 0 Å². The van der Waals surface area contributed by atoms with E-state index < -0.39 is 0 Å². The molecule has 3 rings (SSSR count). The van der Waals surface area contributed by atoms with Gasteiger partial charge in [0.1, 0.15) is 0 Å². The first kappa shape index (κ1) is 15.2. The number of likely N-dealkylation sites (tertiary alicyclic amines) is 1. The number of piperidine rings is 1. The Balaban J connectivity index is 1.51. The third-order valence-corrected chi connectivity index (χ3v) is 6.75. The zero-order valence-corrected chi connectivity index (χ0v) is 14.0. The molecule has 116 valence electrons. The fraction of sp³-hybridized carbons (Fsp3) is 0.722. The molecule has 0 bridgehead atoms. The second-order valence-electron chi connectivity index (χ2n) is 6.88. The summed E-state index contributed by atoms with van der Waals surface area (Å²) in [5.41, 5.74) is 0.635. The summed E-state index contributed by atoms with van der Waals surface area (Å²) in [5, 5.41) is 0. The van der Waals surface area contributed by atoms with Crippen LogP contribution in [0.2, 0.25) is 0 Å². The average molecular weight is 305 g/mol.